The van der Waals surface area contributed by atoms with Crippen LogP contribution in [0.25, 0.3) is 10.9 Å². The van der Waals surface area contributed by atoms with Crippen molar-refractivity contribution in [3.8, 4) is 0 Å². The van der Waals surface area contributed by atoms with Gasteiger partial charge in [-0.05, 0) is 12.1 Å². The topological polar surface area (TPSA) is 38.9 Å². The summed E-state index contributed by atoms with van der Waals surface area (Å²) in [5, 5.41) is 0.951. The molecule has 0 atom stereocenters. The van der Waals surface area contributed by atoms with Gasteiger partial charge in [-0.3, -0.25) is 4.98 Å². The number of nitrogens with two attached hydrogens (primary N) is 1. The maximum Gasteiger partial charge on any atom is 0.0726 e. The molecular formula is C10H8N2. The number of aromatic nitrogens is 1. The Kier molecular flexibility index (Phi) is 1.47. The predicted molar refractivity (Wildman–Crippen MR) is 49.6 cm³/mol. The van der Waals surface area contributed by atoms with Gasteiger partial charge in [-0.1, -0.05) is 18.2 Å². The molecule has 0 amide bonds. The van der Waals surface area contributed by atoms with E-state index in [4.69, 9.17) is 12.7 Å². The van der Waals surface area contributed by atoms with Gasteiger partial charge >= 0.3 is 0 Å². The van der Waals surface area contributed by atoms with Gasteiger partial charge in [-0.2, -0.15) is 0 Å². The molecule has 2 nitrogen and oxygen atoms in total. The first-order chi connectivity index (χ1) is 5.77. The average molecular weight is 156 g/mol. The molecule has 58 valence electrons. The lowest BCUT2D eigenvalue weighted by molar-refractivity contribution is 1.34. The summed E-state index contributed by atoms with van der Waals surface area (Å²) in [7, 11) is 0. The molecule has 0 bridgehead atoms. The Morgan fingerprint density at radius 2 is 2.00 bits per heavy atom. The number of anilines is 1. The van der Waals surface area contributed by atoms with Crippen LogP contribution in [0.3, 0.4) is 0 Å². The first-order valence-corrected chi connectivity index (χ1v) is 3.68. The molecule has 2 radical (unpaired) electrons. The lowest BCUT2D eigenvalue weighted by Crippen LogP contribution is -1.91. The van der Waals surface area contributed by atoms with Crippen LogP contribution in [0.2, 0.25) is 0 Å². The monoisotopic (exact) mass is 156 g/mol. The second kappa shape index (κ2) is 2.48. The number of fused-ring (bicyclic) bond motifs is 1. The smallest absolute Gasteiger partial charge is 0.0726 e. The highest BCUT2D eigenvalue weighted by molar-refractivity contribution is 5.90. The quantitative estimate of drug-likeness (QED) is 0.632. The molecule has 1 heterocycles. The molecule has 0 saturated carbocycles. The van der Waals surface area contributed by atoms with Gasteiger partial charge in [0.25, 0.3) is 0 Å². The fourth-order valence-electron chi connectivity index (χ4n) is 1.22. The highest BCUT2D eigenvalue weighted by atomic mass is 14.7. The van der Waals surface area contributed by atoms with E-state index in [1.165, 1.54) is 0 Å². The lowest BCUT2D eigenvalue weighted by atomic mass is 10.2. The van der Waals surface area contributed by atoms with Gasteiger partial charge in [0.05, 0.1) is 5.52 Å². The van der Waals surface area contributed by atoms with E-state index in [1.807, 2.05) is 24.3 Å². The molecule has 0 aliphatic heterocycles. The molecule has 0 fully saturated rings. The number of rotatable bonds is 0. The molecule has 2 heteroatoms. The van der Waals surface area contributed by atoms with Crippen LogP contribution in [0.4, 0.5) is 5.69 Å². The standard InChI is InChI=1S/C10H8N2/c1-7-6-9(11)8-4-2-3-5-10(8)12-7/h1-6H,(H2,11,12). The Labute approximate surface area is 71.0 Å². The summed E-state index contributed by atoms with van der Waals surface area (Å²) < 4.78 is 0. The van der Waals surface area contributed by atoms with E-state index < -0.39 is 0 Å². The summed E-state index contributed by atoms with van der Waals surface area (Å²) in [6.07, 6.45) is 0. The summed E-state index contributed by atoms with van der Waals surface area (Å²) >= 11 is 0. The fourth-order valence-corrected chi connectivity index (χ4v) is 1.22. The van der Waals surface area contributed by atoms with Crippen LogP contribution in [0.5, 0.6) is 0 Å². The van der Waals surface area contributed by atoms with Gasteiger partial charge in [0.2, 0.25) is 0 Å². The first-order valence-electron chi connectivity index (χ1n) is 3.68. The second-order valence-corrected chi connectivity index (χ2v) is 2.65. The van der Waals surface area contributed by atoms with Crippen molar-refractivity contribution in [2.75, 3.05) is 5.73 Å². The SMILES string of the molecule is [CH]c1cc(N)c2ccccc2n1. The molecule has 0 saturated heterocycles. The number of benzene rings is 1. The van der Waals surface area contributed by atoms with E-state index >= 15 is 0 Å². The third kappa shape index (κ3) is 1.01. The van der Waals surface area contributed by atoms with Crippen LogP contribution in [0, 0.1) is 6.92 Å². The van der Waals surface area contributed by atoms with E-state index in [-0.39, 0.29) is 0 Å². The first kappa shape index (κ1) is 7.10. The summed E-state index contributed by atoms with van der Waals surface area (Å²) in [6.45, 7) is 5.53. The van der Waals surface area contributed by atoms with Crippen molar-refractivity contribution >= 4 is 16.6 Å². The zero-order valence-electron chi connectivity index (χ0n) is 6.49. The zero-order chi connectivity index (χ0) is 8.55. The number of nitrogen functional groups attached to an aromatic ring is 1. The van der Waals surface area contributed by atoms with Crippen molar-refractivity contribution in [3.63, 3.8) is 0 Å². The van der Waals surface area contributed by atoms with Gasteiger partial charge in [0.1, 0.15) is 0 Å². The van der Waals surface area contributed by atoms with E-state index in [0.717, 1.165) is 10.9 Å². The van der Waals surface area contributed by atoms with E-state index in [9.17, 15) is 0 Å². The maximum absolute atomic E-state index is 5.74. The lowest BCUT2D eigenvalue weighted by Gasteiger charge is -2.01. The molecule has 12 heavy (non-hydrogen) atoms. The normalized spacial score (nSPS) is 10.4. The Morgan fingerprint density at radius 1 is 1.25 bits per heavy atom. The molecule has 0 aliphatic carbocycles. The van der Waals surface area contributed by atoms with Gasteiger partial charge < -0.3 is 5.73 Å². The molecule has 1 aromatic heterocycles. The highest BCUT2D eigenvalue weighted by Gasteiger charge is 1.98. The van der Waals surface area contributed by atoms with Gasteiger partial charge in [0, 0.05) is 23.7 Å². The summed E-state index contributed by atoms with van der Waals surface area (Å²) in [5.41, 5.74) is 7.72. The molecule has 2 N–H and O–H groups in total. The number of para-hydroxylation sites is 1. The third-order valence-electron chi connectivity index (χ3n) is 1.77. The number of hydrogen-bond donors (Lipinski definition) is 1. The van der Waals surface area contributed by atoms with Crippen LogP contribution in [-0.2, 0) is 0 Å². The maximum atomic E-state index is 5.74. The van der Waals surface area contributed by atoms with E-state index in [1.54, 1.807) is 6.07 Å². The molecule has 0 spiro atoms. The minimum atomic E-state index is 0.464. The largest absolute Gasteiger partial charge is 0.398 e. The fraction of sp³-hybridized carbons (Fsp3) is 0. The van der Waals surface area contributed by atoms with Gasteiger partial charge in [-0.15, -0.1) is 0 Å². The molecule has 2 rings (SSSR count). The van der Waals surface area contributed by atoms with E-state index in [0.29, 0.717) is 11.4 Å². The van der Waals surface area contributed by atoms with Crippen LogP contribution in [0.15, 0.2) is 30.3 Å². The van der Waals surface area contributed by atoms with Crippen LogP contribution in [-0.4, -0.2) is 4.98 Å². The number of nitrogens with zero attached hydrogens (tertiary/aromatic N) is 1. The van der Waals surface area contributed by atoms with Crippen molar-refractivity contribution in [2.24, 2.45) is 0 Å². The van der Waals surface area contributed by atoms with Crippen LogP contribution >= 0.6 is 0 Å². The molecule has 0 unspecified atom stereocenters. The van der Waals surface area contributed by atoms with Crippen molar-refractivity contribution < 1.29 is 0 Å². The second-order valence-electron chi connectivity index (χ2n) is 2.65. The Balaban J connectivity index is 2.89. The summed E-state index contributed by atoms with van der Waals surface area (Å²) in [6, 6.07) is 9.33. The predicted octanol–water partition coefficient (Wildman–Crippen LogP) is 1.88. The van der Waals surface area contributed by atoms with E-state index in [2.05, 4.69) is 4.98 Å². The molecule has 0 aliphatic rings. The Bertz CT molecular complexity index is 421. The van der Waals surface area contributed by atoms with Crippen molar-refractivity contribution in [2.45, 2.75) is 0 Å². The highest BCUT2D eigenvalue weighted by Crippen LogP contribution is 2.19. The Morgan fingerprint density at radius 3 is 2.83 bits per heavy atom. The minimum Gasteiger partial charge on any atom is -0.398 e. The van der Waals surface area contributed by atoms with Gasteiger partial charge in [0.15, 0.2) is 0 Å². The molecule has 1 aromatic carbocycles. The average Bonchev–Trinajstić information content (AvgIpc) is 2.04. The summed E-state index contributed by atoms with van der Waals surface area (Å²) in [5.74, 6) is 0. The number of hydrogen-bond acceptors (Lipinski definition) is 2. The summed E-state index contributed by atoms with van der Waals surface area (Å²) in [4.78, 5) is 4.13. The molecule has 2 aromatic rings. The van der Waals surface area contributed by atoms with Crippen molar-refractivity contribution in [1.82, 2.24) is 4.98 Å². The van der Waals surface area contributed by atoms with Gasteiger partial charge in [-0.25, -0.2) is 0 Å². The van der Waals surface area contributed by atoms with Crippen molar-refractivity contribution in [3.05, 3.63) is 42.9 Å². The zero-order valence-corrected chi connectivity index (χ0v) is 6.49. The number of pyridine rings is 1. The Hall–Kier alpha value is -1.57. The van der Waals surface area contributed by atoms with Crippen LogP contribution in [0.1, 0.15) is 5.69 Å². The van der Waals surface area contributed by atoms with Crippen molar-refractivity contribution in [1.29, 1.82) is 0 Å². The minimum absolute atomic E-state index is 0.464. The van der Waals surface area contributed by atoms with Crippen LogP contribution < -0.4 is 5.73 Å². The molecular weight excluding hydrogens is 148 g/mol. The third-order valence-corrected chi connectivity index (χ3v) is 1.77.